The van der Waals surface area contributed by atoms with Gasteiger partial charge in [0.1, 0.15) is 29.3 Å². The Morgan fingerprint density at radius 2 is 2.10 bits per heavy atom. The number of anilines is 3. The van der Waals surface area contributed by atoms with Crippen LogP contribution in [0.25, 0.3) is 11.3 Å². The van der Waals surface area contributed by atoms with Crippen molar-refractivity contribution < 1.29 is 9.47 Å². The highest BCUT2D eigenvalue weighted by Gasteiger charge is 2.21. The van der Waals surface area contributed by atoms with Crippen molar-refractivity contribution in [3.63, 3.8) is 0 Å². The van der Waals surface area contributed by atoms with Crippen LogP contribution in [0.15, 0.2) is 42.5 Å². The molecule has 29 heavy (non-hydrogen) atoms. The molecule has 1 aromatic carbocycles. The fourth-order valence-electron chi connectivity index (χ4n) is 3.27. The van der Waals surface area contributed by atoms with Crippen LogP contribution < -0.4 is 15.4 Å². The van der Waals surface area contributed by atoms with Crippen LogP contribution in [0.3, 0.4) is 0 Å². The first kappa shape index (κ1) is 18.9. The van der Waals surface area contributed by atoms with Gasteiger partial charge in [-0.25, -0.2) is 4.98 Å². The Bertz CT molecular complexity index is 996. The van der Waals surface area contributed by atoms with Crippen molar-refractivity contribution in [2.24, 2.45) is 7.05 Å². The van der Waals surface area contributed by atoms with Crippen LogP contribution in [-0.4, -0.2) is 47.3 Å². The fourth-order valence-corrected chi connectivity index (χ4v) is 3.27. The summed E-state index contributed by atoms with van der Waals surface area (Å²) >= 11 is 0. The molecule has 1 aliphatic heterocycles. The average molecular weight is 392 g/mol. The van der Waals surface area contributed by atoms with E-state index in [2.05, 4.69) is 20.7 Å². The van der Waals surface area contributed by atoms with E-state index >= 15 is 0 Å². The zero-order valence-electron chi connectivity index (χ0n) is 16.5. The normalized spacial score (nSPS) is 15.9. The predicted molar refractivity (Wildman–Crippen MR) is 113 cm³/mol. The van der Waals surface area contributed by atoms with Crippen molar-refractivity contribution in [1.29, 1.82) is 5.41 Å². The van der Waals surface area contributed by atoms with E-state index in [-0.39, 0.29) is 6.10 Å². The summed E-state index contributed by atoms with van der Waals surface area (Å²) in [6, 6.07) is 13.8. The fraction of sp³-hybridized carbons (Fsp3) is 0.286. The Balaban J connectivity index is 1.64. The summed E-state index contributed by atoms with van der Waals surface area (Å²) in [7, 11) is 3.66. The largest absolute Gasteiger partial charge is 0.487 e. The Morgan fingerprint density at radius 3 is 2.79 bits per heavy atom. The highest BCUT2D eigenvalue weighted by Crippen LogP contribution is 2.31. The Morgan fingerprint density at radius 1 is 1.28 bits per heavy atom. The molecule has 8 nitrogen and oxygen atoms in total. The number of nitrogens with zero attached hydrogens (tertiary/aromatic N) is 3. The van der Waals surface area contributed by atoms with Gasteiger partial charge in [0.25, 0.3) is 0 Å². The minimum atomic E-state index is -0.0185. The highest BCUT2D eigenvalue weighted by molar-refractivity contribution is 5.89. The number of pyridine rings is 1. The van der Waals surface area contributed by atoms with Crippen molar-refractivity contribution in [3.05, 3.63) is 48.0 Å². The molecule has 1 unspecified atom stereocenters. The van der Waals surface area contributed by atoms with Crippen molar-refractivity contribution in [2.75, 3.05) is 30.9 Å². The number of hydrogen-bond acceptors (Lipinski definition) is 7. The van der Waals surface area contributed by atoms with Crippen molar-refractivity contribution in [1.82, 2.24) is 14.8 Å². The number of ether oxygens (including phenoxy) is 2. The van der Waals surface area contributed by atoms with Crippen LogP contribution in [0.5, 0.6) is 5.75 Å². The first-order chi connectivity index (χ1) is 14.2. The lowest BCUT2D eigenvalue weighted by molar-refractivity contribution is 0.141. The molecule has 0 spiro atoms. The van der Waals surface area contributed by atoms with E-state index < -0.39 is 0 Å². The van der Waals surface area contributed by atoms with Crippen molar-refractivity contribution in [3.8, 4) is 17.0 Å². The number of nitrogens with one attached hydrogen (secondary N) is 3. The van der Waals surface area contributed by atoms with E-state index in [1.165, 1.54) is 6.21 Å². The molecule has 0 amide bonds. The van der Waals surface area contributed by atoms with E-state index in [9.17, 15) is 0 Å². The second-order valence-electron chi connectivity index (χ2n) is 6.80. The van der Waals surface area contributed by atoms with Gasteiger partial charge >= 0.3 is 0 Å². The zero-order valence-corrected chi connectivity index (χ0v) is 16.5. The van der Waals surface area contributed by atoms with Gasteiger partial charge in [-0.15, -0.1) is 0 Å². The second kappa shape index (κ2) is 8.32. The molecule has 1 saturated heterocycles. The first-order valence-electron chi connectivity index (χ1n) is 9.52. The molecule has 0 aliphatic carbocycles. The van der Waals surface area contributed by atoms with Crippen LogP contribution in [0, 0.1) is 5.41 Å². The van der Waals surface area contributed by atoms with Gasteiger partial charge in [0.05, 0.1) is 24.5 Å². The summed E-state index contributed by atoms with van der Waals surface area (Å²) in [6.07, 6.45) is 2.07. The number of aryl methyl sites for hydroxylation is 1. The summed E-state index contributed by atoms with van der Waals surface area (Å²) in [6.45, 7) is 1.25. The third-order valence-electron chi connectivity index (χ3n) is 4.79. The van der Waals surface area contributed by atoms with Gasteiger partial charge in [-0.3, -0.25) is 4.68 Å². The van der Waals surface area contributed by atoms with Crippen LogP contribution >= 0.6 is 0 Å². The van der Waals surface area contributed by atoms with E-state index in [0.717, 1.165) is 23.5 Å². The SMILES string of the molecule is CNc1nc(Nc2cc(-c3ccccc3)nn2C)cc(OC2CCOC2)c1C=N. The maximum Gasteiger partial charge on any atom is 0.140 e. The number of rotatable bonds is 7. The molecule has 1 aliphatic rings. The standard InChI is InChI=1S/C21H24N6O2/c1-23-21-16(12-22)18(29-15-8-9-28-13-15)11-19(25-21)24-20-10-17(26-27(20)2)14-6-4-3-5-7-14/h3-7,10-12,15,22H,8-9,13H2,1-2H3,(H2,23,24,25). The Labute approximate surface area is 169 Å². The van der Waals surface area contributed by atoms with Crippen LogP contribution in [0.2, 0.25) is 0 Å². The summed E-state index contributed by atoms with van der Waals surface area (Å²) < 4.78 is 13.3. The molecule has 3 heterocycles. The topological polar surface area (TPSA) is 97.1 Å². The minimum Gasteiger partial charge on any atom is -0.487 e. The molecule has 0 radical (unpaired) electrons. The number of benzene rings is 1. The van der Waals surface area contributed by atoms with Crippen molar-refractivity contribution in [2.45, 2.75) is 12.5 Å². The molecule has 0 saturated carbocycles. The molecule has 2 aromatic heterocycles. The molecular formula is C21H24N6O2. The molecule has 1 fully saturated rings. The maximum atomic E-state index is 7.78. The van der Waals surface area contributed by atoms with Crippen LogP contribution in [0.4, 0.5) is 17.5 Å². The molecule has 3 aromatic rings. The monoisotopic (exact) mass is 392 g/mol. The second-order valence-corrected chi connectivity index (χ2v) is 6.80. The van der Waals surface area contributed by atoms with E-state index in [0.29, 0.717) is 36.2 Å². The van der Waals surface area contributed by atoms with Gasteiger partial charge < -0.3 is 25.5 Å². The maximum absolute atomic E-state index is 7.78. The van der Waals surface area contributed by atoms with Gasteiger partial charge in [0.15, 0.2) is 0 Å². The third kappa shape index (κ3) is 4.07. The summed E-state index contributed by atoms with van der Waals surface area (Å²) in [5.74, 6) is 2.58. The lowest BCUT2D eigenvalue weighted by atomic mass is 10.1. The minimum absolute atomic E-state index is 0.0185. The summed E-state index contributed by atoms with van der Waals surface area (Å²) in [4.78, 5) is 4.59. The molecular weight excluding hydrogens is 368 g/mol. The predicted octanol–water partition coefficient (Wildman–Crippen LogP) is 3.43. The zero-order chi connectivity index (χ0) is 20.2. The molecule has 8 heteroatoms. The van der Waals surface area contributed by atoms with Gasteiger partial charge in [0.2, 0.25) is 0 Å². The highest BCUT2D eigenvalue weighted by atomic mass is 16.5. The van der Waals surface area contributed by atoms with E-state index in [4.69, 9.17) is 14.9 Å². The average Bonchev–Trinajstić information content (AvgIpc) is 3.38. The first-order valence-corrected chi connectivity index (χ1v) is 9.52. The van der Waals surface area contributed by atoms with E-state index in [1.807, 2.05) is 49.5 Å². The van der Waals surface area contributed by atoms with Gasteiger partial charge in [-0.2, -0.15) is 5.10 Å². The van der Waals surface area contributed by atoms with Crippen LogP contribution in [0.1, 0.15) is 12.0 Å². The summed E-state index contributed by atoms with van der Waals surface area (Å²) in [5, 5.41) is 18.7. The molecule has 1 atom stereocenters. The number of aromatic nitrogens is 3. The van der Waals surface area contributed by atoms with Crippen molar-refractivity contribution >= 4 is 23.7 Å². The quantitative estimate of drug-likeness (QED) is 0.533. The lowest BCUT2D eigenvalue weighted by Gasteiger charge is -2.17. The third-order valence-corrected chi connectivity index (χ3v) is 4.79. The molecule has 150 valence electrons. The summed E-state index contributed by atoms with van der Waals surface area (Å²) in [5.41, 5.74) is 2.53. The number of hydrogen-bond donors (Lipinski definition) is 3. The Kier molecular flexibility index (Phi) is 5.44. The smallest absolute Gasteiger partial charge is 0.140 e. The lowest BCUT2D eigenvalue weighted by Crippen LogP contribution is -2.17. The van der Waals surface area contributed by atoms with E-state index in [1.54, 1.807) is 11.7 Å². The van der Waals surface area contributed by atoms with Gasteiger partial charge in [-0.05, 0) is 0 Å². The molecule has 3 N–H and O–H groups in total. The van der Waals surface area contributed by atoms with Crippen LogP contribution in [-0.2, 0) is 11.8 Å². The molecule has 0 bridgehead atoms. The van der Waals surface area contributed by atoms with Gasteiger partial charge in [0, 0.05) is 44.4 Å². The Hall–Kier alpha value is -3.39. The molecule has 4 rings (SSSR count). The van der Waals surface area contributed by atoms with Gasteiger partial charge in [-0.1, -0.05) is 30.3 Å².